The summed E-state index contributed by atoms with van der Waals surface area (Å²) in [6, 6.07) is 13.0. The smallest absolute Gasteiger partial charge is 0.392 e. The Morgan fingerprint density at radius 1 is 1.12 bits per heavy atom. The van der Waals surface area contributed by atoms with Crippen molar-refractivity contribution in [3.8, 4) is 16.9 Å². The third-order valence-electron chi connectivity index (χ3n) is 3.93. The van der Waals surface area contributed by atoms with E-state index in [4.69, 9.17) is 5.14 Å². The van der Waals surface area contributed by atoms with Gasteiger partial charge in [-0.1, -0.05) is 29.8 Å². The van der Waals surface area contributed by atoms with Crippen molar-refractivity contribution in [2.24, 2.45) is 5.14 Å². The number of nitrogens with two attached hydrogens (primary N) is 1. The summed E-state index contributed by atoms with van der Waals surface area (Å²) >= 11 is 0.966. The maximum absolute atomic E-state index is 13.2. The average molecular weight is 379 g/mol. The van der Waals surface area contributed by atoms with E-state index in [0.717, 1.165) is 23.6 Å². The third-order valence-corrected chi connectivity index (χ3v) is 4.59. The van der Waals surface area contributed by atoms with Crippen molar-refractivity contribution in [1.29, 1.82) is 0 Å². The predicted octanol–water partition coefficient (Wildman–Crippen LogP) is 4.32. The van der Waals surface area contributed by atoms with Gasteiger partial charge < -0.3 is 5.11 Å². The zero-order valence-corrected chi connectivity index (χ0v) is 14.6. The first-order valence-corrected chi connectivity index (χ1v) is 8.56. The van der Waals surface area contributed by atoms with E-state index in [1.165, 1.54) is 4.68 Å². The van der Waals surface area contributed by atoms with Gasteiger partial charge in [-0.15, -0.1) is 0 Å². The second-order valence-electron chi connectivity index (χ2n) is 5.76. The summed E-state index contributed by atoms with van der Waals surface area (Å²) in [6.45, 7) is 1.62. The van der Waals surface area contributed by atoms with Gasteiger partial charge in [0.05, 0.1) is 18.0 Å². The van der Waals surface area contributed by atoms with Crippen LogP contribution in [0, 0.1) is 6.92 Å². The molecule has 0 aliphatic heterocycles. The predicted molar refractivity (Wildman–Crippen MR) is 94.7 cm³/mol. The first kappa shape index (κ1) is 18.5. The van der Waals surface area contributed by atoms with Crippen LogP contribution in [0.4, 0.5) is 13.2 Å². The Labute approximate surface area is 152 Å². The van der Waals surface area contributed by atoms with Crippen molar-refractivity contribution in [3.05, 3.63) is 65.4 Å². The van der Waals surface area contributed by atoms with Gasteiger partial charge in [-0.05, 0) is 48.7 Å². The molecule has 0 bridgehead atoms. The maximum atomic E-state index is 13.2. The molecule has 0 saturated carbocycles. The minimum atomic E-state index is -4.56. The Kier molecular flexibility index (Phi) is 5.08. The summed E-state index contributed by atoms with van der Waals surface area (Å²) in [5.74, 6) is 0. The standard InChI is InChI=1S/C18H16F3N3OS/c1-11-2-4-12(5-3-11)15-9-17(18(19,20)21)23-24(15)14-6-7-16(26-22)13(8-14)10-25/h2-9,25H,10,22H2,1H3. The lowest BCUT2D eigenvalue weighted by Crippen LogP contribution is -2.07. The molecule has 0 unspecified atom stereocenters. The number of aryl methyl sites for hydroxylation is 1. The topological polar surface area (TPSA) is 64.1 Å². The maximum Gasteiger partial charge on any atom is 0.435 e. The molecule has 0 aliphatic rings. The summed E-state index contributed by atoms with van der Waals surface area (Å²) in [6.07, 6.45) is -4.56. The van der Waals surface area contributed by atoms with E-state index < -0.39 is 11.9 Å². The van der Waals surface area contributed by atoms with Crippen LogP contribution in [0.25, 0.3) is 16.9 Å². The monoisotopic (exact) mass is 379 g/mol. The molecule has 0 radical (unpaired) electrons. The molecular formula is C18H16F3N3OS. The third kappa shape index (κ3) is 3.62. The molecule has 4 nitrogen and oxygen atoms in total. The first-order chi connectivity index (χ1) is 12.3. The second kappa shape index (κ2) is 7.14. The van der Waals surface area contributed by atoms with Crippen LogP contribution in [0.1, 0.15) is 16.8 Å². The lowest BCUT2D eigenvalue weighted by atomic mass is 10.1. The van der Waals surface area contributed by atoms with Gasteiger partial charge in [-0.2, -0.15) is 18.3 Å². The van der Waals surface area contributed by atoms with Crippen LogP contribution in [0.5, 0.6) is 0 Å². The summed E-state index contributed by atoms with van der Waals surface area (Å²) in [5.41, 5.74) is 1.89. The van der Waals surface area contributed by atoms with E-state index in [1.807, 2.05) is 19.1 Å². The van der Waals surface area contributed by atoms with Crippen molar-refractivity contribution in [2.45, 2.75) is 24.6 Å². The minimum Gasteiger partial charge on any atom is -0.392 e. The van der Waals surface area contributed by atoms with Crippen LogP contribution in [-0.4, -0.2) is 14.9 Å². The molecule has 3 aromatic rings. The number of halogens is 3. The van der Waals surface area contributed by atoms with Gasteiger partial charge in [0.1, 0.15) is 0 Å². The second-order valence-corrected chi connectivity index (χ2v) is 6.43. The van der Waals surface area contributed by atoms with Gasteiger partial charge in [0, 0.05) is 10.5 Å². The van der Waals surface area contributed by atoms with E-state index in [-0.39, 0.29) is 6.61 Å². The number of aliphatic hydroxyl groups excluding tert-OH is 1. The van der Waals surface area contributed by atoms with Gasteiger partial charge in [0.15, 0.2) is 5.69 Å². The highest BCUT2D eigenvalue weighted by Gasteiger charge is 2.35. The molecule has 0 saturated heterocycles. The quantitative estimate of drug-likeness (QED) is 0.663. The first-order valence-electron chi connectivity index (χ1n) is 7.68. The lowest BCUT2D eigenvalue weighted by Gasteiger charge is -2.11. The van der Waals surface area contributed by atoms with Gasteiger partial charge in [-0.25, -0.2) is 4.68 Å². The summed E-state index contributed by atoms with van der Waals surface area (Å²) in [4.78, 5) is 0.649. The number of rotatable bonds is 4. The number of aromatic nitrogens is 2. The normalized spacial score (nSPS) is 11.8. The Morgan fingerprint density at radius 3 is 2.38 bits per heavy atom. The Hall–Kier alpha value is -2.29. The molecule has 1 heterocycles. The van der Waals surface area contributed by atoms with Gasteiger partial charge in [0.2, 0.25) is 0 Å². The molecule has 2 aromatic carbocycles. The molecule has 0 aliphatic carbocycles. The van der Waals surface area contributed by atoms with Crippen molar-refractivity contribution in [3.63, 3.8) is 0 Å². The van der Waals surface area contributed by atoms with Crippen LogP contribution >= 0.6 is 11.9 Å². The Balaban J connectivity index is 2.19. The fourth-order valence-corrected chi connectivity index (χ4v) is 3.00. The number of hydrogen-bond donors (Lipinski definition) is 2. The lowest BCUT2D eigenvalue weighted by molar-refractivity contribution is -0.141. The van der Waals surface area contributed by atoms with E-state index in [2.05, 4.69) is 5.10 Å². The number of hydrogen-bond acceptors (Lipinski definition) is 4. The number of benzene rings is 2. The van der Waals surface area contributed by atoms with E-state index in [1.54, 1.807) is 30.3 Å². The summed E-state index contributed by atoms with van der Waals surface area (Å²) in [7, 11) is 0. The van der Waals surface area contributed by atoms with Gasteiger partial charge >= 0.3 is 6.18 Å². The fraction of sp³-hybridized carbons (Fsp3) is 0.167. The zero-order chi connectivity index (χ0) is 18.9. The molecule has 3 N–H and O–H groups in total. The summed E-state index contributed by atoms with van der Waals surface area (Å²) < 4.78 is 40.8. The largest absolute Gasteiger partial charge is 0.435 e. The van der Waals surface area contributed by atoms with Crippen LogP contribution in [0.15, 0.2) is 53.4 Å². The molecule has 26 heavy (non-hydrogen) atoms. The van der Waals surface area contributed by atoms with Gasteiger partial charge in [-0.3, -0.25) is 5.14 Å². The fourth-order valence-electron chi connectivity index (χ4n) is 2.58. The molecular weight excluding hydrogens is 363 g/mol. The molecule has 136 valence electrons. The highest BCUT2D eigenvalue weighted by Crippen LogP contribution is 2.34. The molecule has 0 spiro atoms. The van der Waals surface area contributed by atoms with Crippen LogP contribution < -0.4 is 5.14 Å². The molecule has 8 heteroatoms. The van der Waals surface area contributed by atoms with Crippen molar-refractivity contribution in [2.75, 3.05) is 0 Å². The number of alkyl halides is 3. The highest BCUT2D eigenvalue weighted by molar-refractivity contribution is 7.97. The molecule has 1 aromatic heterocycles. The van der Waals surface area contributed by atoms with Crippen LogP contribution in [0.3, 0.4) is 0 Å². The Bertz CT molecular complexity index is 920. The molecule has 0 fully saturated rings. The van der Waals surface area contributed by atoms with Crippen LogP contribution in [-0.2, 0) is 12.8 Å². The van der Waals surface area contributed by atoms with E-state index in [9.17, 15) is 18.3 Å². The van der Waals surface area contributed by atoms with E-state index >= 15 is 0 Å². The van der Waals surface area contributed by atoms with E-state index in [0.29, 0.717) is 27.4 Å². The number of nitrogens with zero attached hydrogens (tertiary/aromatic N) is 2. The SMILES string of the molecule is Cc1ccc(-c2cc(C(F)(F)F)nn2-c2ccc(SN)c(CO)c2)cc1. The number of aliphatic hydroxyl groups is 1. The molecule has 0 atom stereocenters. The average Bonchev–Trinajstić information content (AvgIpc) is 3.07. The van der Waals surface area contributed by atoms with Crippen molar-refractivity contribution < 1.29 is 18.3 Å². The summed E-state index contributed by atoms with van der Waals surface area (Å²) in [5, 5.41) is 18.8. The van der Waals surface area contributed by atoms with Crippen molar-refractivity contribution in [1.82, 2.24) is 9.78 Å². The Morgan fingerprint density at radius 2 is 1.81 bits per heavy atom. The van der Waals surface area contributed by atoms with Crippen LogP contribution in [0.2, 0.25) is 0 Å². The minimum absolute atomic E-state index is 0.277. The molecule has 3 rings (SSSR count). The highest BCUT2D eigenvalue weighted by atomic mass is 32.2. The van der Waals surface area contributed by atoms with Crippen molar-refractivity contribution >= 4 is 11.9 Å². The molecule has 0 amide bonds. The zero-order valence-electron chi connectivity index (χ0n) is 13.8. The van der Waals surface area contributed by atoms with Gasteiger partial charge in [0.25, 0.3) is 0 Å².